The quantitative estimate of drug-likeness (QED) is 0.755. The van der Waals surface area contributed by atoms with Gasteiger partial charge in [0.05, 0.1) is 6.10 Å². The Morgan fingerprint density at radius 1 is 1.40 bits per heavy atom. The lowest BCUT2D eigenvalue weighted by Gasteiger charge is -2.24. The number of alkyl halides is 1. The Bertz CT molecular complexity index is 427. The molecule has 0 bridgehead atoms. The van der Waals surface area contributed by atoms with Crippen LogP contribution in [0.1, 0.15) is 24.0 Å². The summed E-state index contributed by atoms with van der Waals surface area (Å²) in [6, 6.07) is 8.43. The minimum absolute atomic E-state index is 0.00530. The summed E-state index contributed by atoms with van der Waals surface area (Å²) in [6.07, 6.45) is 3.16. The van der Waals surface area contributed by atoms with Gasteiger partial charge in [0, 0.05) is 19.7 Å². The summed E-state index contributed by atoms with van der Waals surface area (Å²) in [4.78, 5) is 13.7. The molecule has 1 atom stereocenters. The number of ether oxygens (including phenoxy) is 1. The number of carbonyl (C=O) groups is 1. The molecule has 4 heteroatoms. The van der Waals surface area contributed by atoms with Gasteiger partial charge in [-0.3, -0.25) is 4.79 Å². The topological polar surface area (TPSA) is 29.5 Å². The van der Waals surface area contributed by atoms with Gasteiger partial charge in [-0.1, -0.05) is 29.8 Å². The van der Waals surface area contributed by atoms with Gasteiger partial charge in [-0.05, 0) is 31.7 Å². The van der Waals surface area contributed by atoms with Crippen LogP contribution in [0.15, 0.2) is 24.3 Å². The highest BCUT2D eigenvalue weighted by molar-refractivity contribution is 6.27. The van der Waals surface area contributed by atoms with E-state index in [0.29, 0.717) is 13.1 Å². The van der Waals surface area contributed by atoms with E-state index in [2.05, 4.69) is 31.2 Å². The second-order valence-corrected chi connectivity index (χ2v) is 5.61. The molecule has 1 amide bonds. The molecule has 110 valence electrons. The van der Waals surface area contributed by atoms with Crippen LogP contribution in [0.4, 0.5) is 0 Å². The van der Waals surface area contributed by atoms with Crippen LogP contribution in [0.5, 0.6) is 0 Å². The van der Waals surface area contributed by atoms with Crippen LogP contribution in [0.3, 0.4) is 0 Å². The summed E-state index contributed by atoms with van der Waals surface area (Å²) < 4.78 is 5.61. The first-order valence-corrected chi connectivity index (χ1v) is 7.73. The maximum absolute atomic E-state index is 11.9. The van der Waals surface area contributed by atoms with E-state index < -0.39 is 0 Å². The highest BCUT2D eigenvalue weighted by Gasteiger charge is 2.21. The Morgan fingerprint density at radius 2 is 2.15 bits per heavy atom. The Labute approximate surface area is 125 Å². The fourth-order valence-electron chi connectivity index (χ4n) is 2.46. The molecule has 1 heterocycles. The fraction of sp³-hybridized carbons (Fsp3) is 0.562. The van der Waals surface area contributed by atoms with Crippen LogP contribution in [0.2, 0.25) is 0 Å². The van der Waals surface area contributed by atoms with Crippen LogP contribution in [-0.4, -0.2) is 42.5 Å². The van der Waals surface area contributed by atoms with Crippen molar-refractivity contribution in [2.75, 3.05) is 25.6 Å². The number of hydrogen-bond acceptors (Lipinski definition) is 2. The van der Waals surface area contributed by atoms with E-state index in [1.165, 1.54) is 11.1 Å². The molecule has 1 aliphatic rings. The molecule has 3 nitrogen and oxygen atoms in total. The third-order valence-electron chi connectivity index (χ3n) is 3.71. The number of aryl methyl sites for hydroxylation is 1. The van der Waals surface area contributed by atoms with E-state index in [9.17, 15) is 4.79 Å². The van der Waals surface area contributed by atoms with Crippen molar-refractivity contribution in [3.63, 3.8) is 0 Å². The average Bonchev–Trinajstić information content (AvgIpc) is 2.97. The molecule has 2 rings (SSSR count). The monoisotopic (exact) mass is 295 g/mol. The Balaban J connectivity index is 1.89. The van der Waals surface area contributed by atoms with Crippen molar-refractivity contribution in [3.8, 4) is 0 Å². The zero-order chi connectivity index (χ0) is 14.4. The Kier molecular flexibility index (Phi) is 5.86. The lowest BCUT2D eigenvalue weighted by atomic mass is 10.1. The number of amides is 1. The van der Waals surface area contributed by atoms with Crippen molar-refractivity contribution in [2.45, 2.75) is 32.3 Å². The molecule has 0 radical (unpaired) electrons. The van der Waals surface area contributed by atoms with E-state index in [1.807, 2.05) is 4.90 Å². The number of rotatable bonds is 6. The smallest absolute Gasteiger partial charge is 0.237 e. The summed E-state index contributed by atoms with van der Waals surface area (Å²) in [5.41, 5.74) is 2.50. The van der Waals surface area contributed by atoms with Gasteiger partial charge in [0.1, 0.15) is 5.88 Å². The van der Waals surface area contributed by atoms with Crippen LogP contribution >= 0.6 is 11.6 Å². The second kappa shape index (κ2) is 7.65. The largest absolute Gasteiger partial charge is 0.376 e. The third-order valence-corrected chi connectivity index (χ3v) is 3.93. The van der Waals surface area contributed by atoms with Crippen LogP contribution in [-0.2, 0) is 16.0 Å². The van der Waals surface area contributed by atoms with E-state index in [1.54, 1.807) is 0 Å². The van der Waals surface area contributed by atoms with Gasteiger partial charge in [-0.2, -0.15) is 0 Å². The zero-order valence-corrected chi connectivity index (χ0v) is 12.7. The molecule has 0 N–H and O–H groups in total. The zero-order valence-electron chi connectivity index (χ0n) is 12.0. The van der Waals surface area contributed by atoms with Crippen molar-refractivity contribution >= 4 is 17.5 Å². The number of carbonyl (C=O) groups excluding carboxylic acids is 1. The maximum Gasteiger partial charge on any atom is 0.237 e. The lowest BCUT2D eigenvalue weighted by molar-refractivity contribution is -0.130. The van der Waals surface area contributed by atoms with Gasteiger partial charge in [0.25, 0.3) is 0 Å². The molecular formula is C16H22ClNO2. The fourth-order valence-corrected chi connectivity index (χ4v) is 2.62. The van der Waals surface area contributed by atoms with E-state index in [0.717, 1.165) is 25.9 Å². The maximum atomic E-state index is 11.9. The third kappa shape index (κ3) is 4.50. The SMILES string of the molecule is Cc1ccc(CCN(CC2CCCO2)C(=O)CCl)cc1. The summed E-state index contributed by atoms with van der Waals surface area (Å²) >= 11 is 5.70. The second-order valence-electron chi connectivity index (χ2n) is 5.34. The number of halogens is 1. The predicted molar refractivity (Wildman–Crippen MR) is 81.2 cm³/mol. The van der Waals surface area contributed by atoms with Crippen molar-refractivity contribution < 1.29 is 9.53 Å². The molecule has 0 aromatic heterocycles. The molecule has 1 aromatic rings. The standard InChI is InChI=1S/C16H22ClNO2/c1-13-4-6-14(7-5-13)8-9-18(16(19)11-17)12-15-3-2-10-20-15/h4-7,15H,2-3,8-12H2,1H3. The van der Waals surface area contributed by atoms with E-state index in [4.69, 9.17) is 16.3 Å². The van der Waals surface area contributed by atoms with Crippen molar-refractivity contribution in [2.24, 2.45) is 0 Å². The predicted octanol–water partition coefficient (Wildman–Crippen LogP) is 2.78. The summed E-state index contributed by atoms with van der Waals surface area (Å²) in [7, 11) is 0. The lowest BCUT2D eigenvalue weighted by Crippen LogP contribution is -2.39. The first-order chi connectivity index (χ1) is 9.69. The Hall–Kier alpha value is -1.06. The molecule has 1 unspecified atom stereocenters. The minimum Gasteiger partial charge on any atom is -0.376 e. The molecule has 20 heavy (non-hydrogen) atoms. The number of benzene rings is 1. The number of nitrogens with zero attached hydrogens (tertiary/aromatic N) is 1. The Morgan fingerprint density at radius 3 is 2.75 bits per heavy atom. The van der Waals surface area contributed by atoms with Gasteiger partial charge in [0.2, 0.25) is 5.91 Å². The van der Waals surface area contributed by atoms with Gasteiger partial charge in [-0.25, -0.2) is 0 Å². The molecule has 1 saturated heterocycles. The molecule has 0 aliphatic carbocycles. The molecular weight excluding hydrogens is 274 g/mol. The molecule has 0 spiro atoms. The van der Waals surface area contributed by atoms with E-state index in [-0.39, 0.29) is 17.9 Å². The average molecular weight is 296 g/mol. The van der Waals surface area contributed by atoms with Crippen molar-refractivity contribution in [1.82, 2.24) is 4.90 Å². The van der Waals surface area contributed by atoms with Gasteiger partial charge in [-0.15, -0.1) is 11.6 Å². The molecule has 1 fully saturated rings. The first-order valence-electron chi connectivity index (χ1n) is 7.20. The first kappa shape index (κ1) is 15.3. The van der Waals surface area contributed by atoms with Crippen LogP contribution in [0.25, 0.3) is 0 Å². The molecule has 1 aromatic carbocycles. The number of hydrogen-bond donors (Lipinski definition) is 0. The van der Waals surface area contributed by atoms with Gasteiger partial charge >= 0.3 is 0 Å². The highest BCUT2D eigenvalue weighted by Crippen LogP contribution is 2.14. The highest BCUT2D eigenvalue weighted by atomic mass is 35.5. The molecule has 1 aliphatic heterocycles. The van der Waals surface area contributed by atoms with E-state index >= 15 is 0 Å². The van der Waals surface area contributed by atoms with Crippen LogP contribution < -0.4 is 0 Å². The summed E-state index contributed by atoms with van der Waals surface area (Å²) in [5.74, 6) is 0.0370. The van der Waals surface area contributed by atoms with Gasteiger partial charge in [0.15, 0.2) is 0 Å². The van der Waals surface area contributed by atoms with Crippen LogP contribution in [0, 0.1) is 6.92 Å². The normalized spacial score (nSPS) is 18.2. The van der Waals surface area contributed by atoms with Crippen molar-refractivity contribution in [1.29, 1.82) is 0 Å². The van der Waals surface area contributed by atoms with Crippen molar-refractivity contribution in [3.05, 3.63) is 35.4 Å². The summed E-state index contributed by atoms with van der Waals surface area (Å²) in [6.45, 7) is 4.25. The molecule has 0 saturated carbocycles. The van der Waals surface area contributed by atoms with Gasteiger partial charge < -0.3 is 9.64 Å². The summed E-state index contributed by atoms with van der Waals surface area (Å²) in [5, 5.41) is 0. The minimum atomic E-state index is -0.00530.